The molecule has 0 aliphatic heterocycles. The Bertz CT molecular complexity index is 159. The number of hydrogen-bond donors (Lipinski definition) is 1. The summed E-state index contributed by atoms with van der Waals surface area (Å²) in [6, 6.07) is 0. The number of rotatable bonds is 19. The first kappa shape index (κ1) is 22.0. The molecule has 1 N–H and O–H groups in total. The fourth-order valence-electron chi connectivity index (χ4n) is 3.15. The summed E-state index contributed by atoms with van der Waals surface area (Å²) in [4.78, 5) is 0. The molecule has 0 bridgehead atoms. The van der Waals surface area contributed by atoms with Gasteiger partial charge in [0.15, 0.2) is 0 Å². The molecule has 0 aromatic rings. The van der Waals surface area contributed by atoms with E-state index in [1.165, 1.54) is 116 Å². The van der Waals surface area contributed by atoms with Crippen LogP contribution in [0.15, 0.2) is 0 Å². The Morgan fingerprint density at radius 1 is 0.409 bits per heavy atom. The molecule has 0 fully saturated rings. The molecular weight excluding hydrogens is 266 g/mol. The van der Waals surface area contributed by atoms with Gasteiger partial charge >= 0.3 is 0 Å². The Labute approximate surface area is 142 Å². The van der Waals surface area contributed by atoms with Crippen LogP contribution in [-0.4, -0.2) is 13.1 Å². The van der Waals surface area contributed by atoms with Crippen LogP contribution in [0.2, 0.25) is 0 Å². The molecule has 0 unspecified atom stereocenters. The molecular formula is C21H45N. The molecule has 0 aromatic heterocycles. The molecule has 0 aliphatic carbocycles. The maximum atomic E-state index is 3.40. The Morgan fingerprint density at radius 3 is 1.05 bits per heavy atom. The largest absolute Gasteiger partial charge is 0.317 e. The highest BCUT2D eigenvalue weighted by atomic mass is 14.8. The Morgan fingerprint density at radius 2 is 0.727 bits per heavy atom. The van der Waals surface area contributed by atoms with Gasteiger partial charge in [-0.2, -0.15) is 0 Å². The summed E-state index contributed by atoms with van der Waals surface area (Å²) in [5.41, 5.74) is 0. The van der Waals surface area contributed by atoms with Crippen molar-refractivity contribution in [3.63, 3.8) is 0 Å². The van der Waals surface area contributed by atoms with Crippen LogP contribution in [0.5, 0.6) is 0 Å². The van der Waals surface area contributed by atoms with Crippen molar-refractivity contribution >= 4 is 0 Å². The SMILES string of the molecule is CCCCCCCCCCCCCCCCCCCNCC. The maximum absolute atomic E-state index is 3.40. The minimum atomic E-state index is 1.12. The van der Waals surface area contributed by atoms with Crippen molar-refractivity contribution < 1.29 is 0 Å². The molecule has 0 saturated heterocycles. The van der Waals surface area contributed by atoms with E-state index in [2.05, 4.69) is 19.2 Å². The normalized spacial score (nSPS) is 11.2. The quantitative estimate of drug-likeness (QED) is 0.248. The van der Waals surface area contributed by atoms with Crippen LogP contribution in [0.4, 0.5) is 0 Å². The summed E-state index contributed by atoms with van der Waals surface area (Å²) in [6.45, 7) is 6.83. The van der Waals surface area contributed by atoms with Crippen molar-refractivity contribution in [2.75, 3.05) is 13.1 Å². The van der Waals surface area contributed by atoms with E-state index in [1.807, 2.05) is 0 Å². The highest BCUT2D eigenvalue weighted by Crippen LogP contribution is 2.13. The van der Waals surface area contributed by atoms with Crippen LogP contribution < -0.4 is 5.32 Å². The minimum absolute atomic E-state index is 1.12. The predicted octanol–water partition coefficient (Wildman–Crippen LogP) is 7.25. The van der Waals surface area contributed by atoms with Crippen molar-refractivity contribution in [3.8, 4) is 0 Å². The smallest absolute Gasteiger partial charge is 0.00490 e. The lowest BCUT2D eigenvalue weighted by Gasteiger charge is -2.04. The van der Waals surface area contributed by atoms with Crippen molar-refractivity contribution in [2.45, 2.75) is 123 Å². The molecule has 0 aliphatic rings. The number of unbranched alkanes of at least 4 members (excludes halogenated alkanes) is 16. The van der Waals surface area contributed by atoms with Gasteiger partial charge in [-0.1, -0.05) is 117 Å². The molecule has 0 rings (SSSR count). The van der Waals surface area contributed by atoms with Gasteiger partial charge in [-0.15, -0.1) is 0 Å². The highest BCUT2D eigenvalue weighted by molar-refractivity contribution is 4.51. The zero-order chi connectivity index (χ0) is 16.1. The third-order valence-electron chi connectivity index (χ3n) is 4.71. The van der Waals surface area contributed by atoms with Crippen molar-refractivity contribution in [2.24, 2.45) is 0 Å². The van der Waals surface area contributed by atoms with E-state index < -0.39 is 0 Å². The lowest BCUT2D eigenvalue weighted by atomic mass is 10.0. The van der Waals surface area contributed by atoms with Crippen LogP contribution in [0.1, 0.15) is 123 Å². The van der Waals surface area contributed by atoms with E-state index in [9.17, 15) is 0 Å². The molecule has 0 atom stereocenters. The summed E-state index contributed by atoms with van der Waals surface area (Å²) >= 11 is 0. The standard InChI is InChI=1S/C21H45N/c1-3-5-6-7-8-9-10-11-12-13-14-15-16-17-18-19-20-21-22-4-2/h22H,3-21H2,1-2H3. The Balaban J connectivity index is 2.91. The van der Waals surface area contributed by atoms with Gasteiger partial charge in [0.1, 0.15) is 0 Å². The third-order valence-corrected chi connectivity index (χ3v) is 4.71. The molecule has 134 valence electrons. The molecule has 0 spiro atoms. The van der Waals surface area contributed by atoms with Crippen LogP contribution in [-0.2, 0) is 0 Å². The fraction of sp³-hybridized carbons (Fsp3) is 1.00. The second-order valence-electron chi connectivity index (χ2n) is 7.01. The summed E-state index contributed by atoms with van der Waals surface area (Å²) in [5.74, 6) is 0. The molecule has 1 heteroatoms. The van der Waals surface area contributed by atoms with Gasteiger partial charge in [-0.3, -0.25) is 0 Å². The van der Waals surface area contributed by atoms with Crippen LogP contribution in [0.3, 0.4) is 0 Å². The van der Waals surface area contributed by atoms with Gasteiger partial charge < -0.3 is 5.32 Å². The first-order valence-corrected chi connectivity index (χ1v) is 10.6. The minimum Gasteiger partial charge on any atom is -0.317 e. The summed E-state index contributed by atoms with van der Waals surface area (Å²) < 4.78 is 0. The number of nitrogens with one attached hydrogen (secondary N) is 1. The fourth-order valence-corrected chi connectivity index (χ4v) is 3.15. The van der Waals surface area contributed by atoms with Gasteiger partial charge in [-0.25, -0.2) is 0 Å². The van der Waals surface area contributed by atoms with E-state index in [-0.39, 0.29) is 0 Å². The van der Waals surface area contributed by atoms with E-state index >= 15 is 0 Å². The summed E-state index contributed by atoms with van der Waals surface area (Å²) in [7, 11) is 0. The zero-order valence-corrected chi connectivity index (χ0v) is 15.9. The van der Waals surface area contributed by atoms with Gasteiger partial charge in [0.2, 0.25) is 0 Å². The number of hydrogen-bond acceptors (Lipinski definition) is 1. The van der Waals surface area contributed by atoms with Gasteiger partial charge in [0, 0.05) is 0 Å². The van der Waals surface area contributed by atoms with E-state index in [4.69, 9.17) is 0 Å². The average molecular weight is 312 g/mol. The molecule has 0 saturated carbocycles. The molecule has 22 heavy (non-hydrogen) atoms. The van der Waals surface area contributed by atoms with E-state index in [1.54, 1.807) is 0 Å². The van der Waals surface area contributed by atoms with Crippen LogP contribution in [0.25, 0.3) is 0 Å². The maximum Gasteiger partial charge on any atom is -0.00490 e. The van der Waals surface area contributed by atoms with Gasteiger partial charge in [-0.05, 0) is 19.5 Å². The first-order valence-electron chi connectivity index (χ1n) is 10.6. The molecule has 0 heterocycles. The second kappa shape index (κ2) is 21.0. The first-order chi connectivity index (χ1) is 10.9. The molecule has 1 nitrogen and oxygen atoms in total. The molecule has 0 aromatic carbocycles. The van der Waals surface area contributed by atoms with Crippen LogP contribution in [0, 0.1) is 0 Å². The lowest BCUT2D eigenvalue weighted by Crippen LogP contribution is -2.13. The Kier molecular flexibility index (Phi) is 20.9. The van der Waals surface area contributed by atoms with Gasteiger partial charge in [0.05, 0.1) is 0 Å². The van der Waals surface area contributed by atoms with E-state index in [0.29, 0.717) is 0 Å². The predicted molar refractivity (Wildman–Crippen MR) is 103 cm³/mol. The topological polar surface area (TPSA) is 12.0 Å². The molecule has 0 amide bonds. The highest BCUT2D eigenvalue weighted by Gasteiger charge is 1.94. The van der Waals surface area contributed by atoms with E-state index in [0.717, 1.165) is 6.54 Å². The third kappa shape index (κ3) is 20.0. The second-order valence-corrected chi connectivity index (χ2v) is 7.01. The average Bonchev–Trinajstić information content (AvgIpc) is 2.54. The van der Waals surface area contributed by atoms with Crippen molar-refractivity contribution in [1.29, 1.82) is 0 Å². The van der Waals surface area contributed by atoms with Crippen molar-refractivity contribution in [1.82, 2.24) is 5.32 Å². The Hall–Kier alpha value is -0.0400. The van der Waals surface area contributed by atoms with Crippen LogP contribution >= 0.6 is 0 Å². The summed E-state index contributed by atoms with van der Waals surface area (Å²) in [6.07, 6.45) is 24.8. The van der Waals surface area contributed by atoms with Crippen molar-refractivity contribution in [3.05, 3.63) is 0 Å². The zero-order valence-electron chi connectivity index (χ0n) is 15.9. The lowest BCUT2D eigenvalue weighted by molar-refractivity contribution is 0.524. The molecule has 0 radical (unpaired) electrons. The monoisotopic (exact) mass is 311 g/mol. The van der Waals surface area contributed by atoms with Gasteiger partial charge in [0.25, 0.3) is 0 Å². The summed E-state index contributed by atoms with van der Waals surface area (Å²) in [5, 5.41) is 3.40.